The number of rotatable bonds is 6. The van der Waals surface area contributed by atoms with Crippen LogP contribution in [0, 0.1) is 12.8 Å². The molecule has 2 amide bonds. The number of piperazine rings is 1. The molecule has 3 aromatic rings. The van der Waals surface area contributed by atoms with E-state index in [0.717, 1.165) is 30.1 Å². The summed E-state index contributed by atoms with van der Waals surface area (Å²) in [4.78, 5) is 33.4. The molecular formula is C31H35N3O4. The van der Waals surface area contributed by atoms with E-state index in [1.54, 1.807) is 38.5 Å². The second-order valence-corrected chi connectivity index (χ2v) is 10.0. The first-order valence-electron chi connectivity index (χ1n) is 13.1. The molecule has 38 heavy (non-hydrogen) atoms. The van der Waals surface area contributed by atoms with Crippen LogP contribution in [0.25, 0.3) is 0 Å². The topological polar surface area (TPSA) is 62.3 Å². The first-order chi connectivity index (χ1) is 18.5. The first kappa shape index (κ1) is 25.6. The van der Waals surface area contributed by atoms with Crippen LogP contribution < -0.4 is 14.4 Å². The Kier molecular flexibility index (Phi) is 7.54. The molecule has 0 saturated carbocycles. The van der Waals surface area contributed by atoms with E-state index in [-0.39, 0.29) is 23.7 Å². The third-order valence-corrected chi connectivity index (χ3v) is 7.78. The quantitative estimate of drug-likeness (QED) is 0.494. The number of hydrogen-bond acceptors (Lipinski definition) is 5. The van der Waals surface area contributed by atoms with Crippen molar-refractivity contribution in [3.63, 3.8) is 0 Å². The van der Waals surface area contributed by atoms with Crippen molar-refractivity contribution in [2.24, 2.45) is 5.92 Å². The summed E-state index contributed by atoms with van der Waals surface area (Å²) < 4.78 is 10.8. The normalized spacial score (nSPS) is 19.4. The lowest BCUT2D eigenvalue weighted by atomic mass is 9.87. The van der Waals surface area contributed by atoms with Crippen LogP contribution in [-0.4, -0.2) is 75.1 Å². The largest absolute Gasteiger partial charge is 0.497 e. The second-order valence-electron chi connectivity index (χ2n) is 10.0. The summed E-state index contributed by atoms with van der Waals surface area (Å²) >= 11 is 0. The molecule has 2 aliphatic heterocycles. The molecular weight excluding hydrogens is 478 g/mol. The van der Waals surface area contributed by atoms with Gasteiger partial charge in [-0.1, -0.05) is 42.0 Å². The Morgan fingerprint density at radius 2 is 1.45 bits per heavy atom. The van der Waals surface area contributed by atoms with E-state index in [4.69, 9.17) is 9.47 Å². The van der Waals surface area contributed by atoms with Gasteiger partial charge in [0.15, 0.2) is 0 Å². The molecule has 0 aromatic heterocycles. The average Bonchev–Trinajstić information content (AvgIpc) is 3.42. The van der Waals surface area contributed by atoms with Gasteiger partial charge in [-0.2, -0.15) is 0 Å². The molecule has 2 aliphatic rings. The van der Waals surface area contributed by atoms with Crippen LogP contribution in [0.2, 0.25) is 0 Å². The van der Waals surface area contributed by atoms with Crippen molar-refractivity contribution < 1.29 is 19.1 Å². The molecule has 0 N–H and O–H groups in total. The number of likely N-dealkylation sites (tertiary alicyclic amines) is 1. The molecule has 2 fully saturated rings. The summed E-state index contributed by atoms with van der Waals surface area (Å²) in [6.45, 7) is 5.74. The highest BCUT2D eigenvalue weighted by Crippen LogP contribution is 2.36. The Bertz CT molecular complexity index is 1270. The molecule has 0 spiro atoms. The number of aryl methyl sites for hydroxylation is 1. The van der Waals surface area contributed by atoms with Crippen molar-refractivity contribution in [2.45, 2.75) is 12.8 Å². The number of carbonyl (C=O) groups excluding carboxylic acids is 2. The second kappa shape index (κ2) is 11.2. The number of anilines is 1. The third-order valence-electron chi connectivity index (χ3n) is 7.78. The summed E-state index contributed by atoms with van der Waals surface area (Å²) in [6, 6.07) is 23.5. The maximum absolute atomic E-state index is 13.9. The van der Waals surface area contributed by atoms with Crippen molar-refractivity contribution in [1.82, 2.24) is 9.80 Å². The highest BCUT2D eigenvalue weighted by atomic mass is 16.5. The molecule has 0 unspecified atom stereocenters. The number of methoxy groups -OCH3 is 2. The standard InChI is InChI=1S/C31H35N3O4/c1-22-8-10-23(11-9-22)26-20-34(30(35)24-12-14-25(37-2)15-13-24)21-27(26)31(36)33-18-16-32(17-19-33)28-6-4-5-7-29(28)38-3/h4-15,26-27H,16-21H2,1-3H3/t26-,27-/m0/s1. The fourth-order valence-corrected chi connectivity index (χ4v) is 5.58. The van der Waals surface area contributed by atoms with Gasteiger partial charge in [-0.3, -0.25) is 9.59 Å². The Morgan fingerprint density at radius 1 is 0.763 bits per heavy atom. The van der Waals surface area contributed by atoms with Crippen LogP contribution in [0.1, 0.15) is 27.4 Å². The summed E-state index contributed by atoms with van der Waals surface area (Å²) in [7, 11) is 3.29. The SMILES string of the molecule is COc1ccc(C(=O)N2C[C@H](C(=O)N3CCN(c4ccccc4OC)CC3)[C@H](c3ccc(C)cc3)C2)cc1. The molecule has 0 aliphatic carbocycles. The number of hydrogen-bond donors (Lipinski definition) is 0. The lowest BCUT2D eigenvalue weighted by Gasteiger charge is -2.38. The fourth-order valence-electron chi connectivity index (χ4n) is 5.58. The lowest BCUT2D eigenvalue weighted by molar-refractivity contribution is -0.135. The molecule has 2 heterocycles. The van der Waals surface area contributed by atoms with Gasteiger partial charge in [-0.15, -0.1) is 0 Å². The maximum atomic E-state index is 13.9. The molecule has 0 bridgehead atoms. The van der Waals surface area contributed by atoms with Crippen LogP contribution >= 0.6 is 0 Å². The predicted molar refractivity (Wildman–Crippen MR) is 148 cm³/mol. The third kappa shape index (κ3) is 5.19. The molecule has 2 atom stereocenters. The van der Waals surface area contributed by atoms with Crippen LogP contribution in [0.4, 0.5) is 5.69 Å². The van der Waals surface area contributed by atoms with Crippen molar-refractivity contribution in [3.8, 4) is 11.5 Å². The number of amides is 2. The molecule has 7 heteroatoms. The number of benzene rings is 3. The summed E-state index contributed by atoms with van der Waals surface area (Å²) in [6.07, 6.45) is 0. The highest BCUT2D eigenvalue weighted by molar-refractivity contribution is 5.95. The minimum absolute atomic E-state index is 0.0439. The Labute approximate surface area is 224 Å². The van der Waals surface area contributed by atoms with Crippen LogP contribution in [-0.2, 0) is 4.79 Å². The van der Waals surface area contributed by atoms with E-state index in [1.165, 1.54) is 5.56 Å². The lowest BCUT2D eigenvalue weighted by Crippen LogP contribution is -2.51. The van der Waals surface area contributed by atoms with Gasteiger partial charge in [0, 0.05) is 50.7 Å². The van der Waals surface area contributed by atoms with Crippen molar-refractivity contribution >= 4 is 17.5 Å². The zero-order chi connectivity index (χ0) is 26.6. The molecule has 7 nitrogen and oxygen atoms in total. The molecule has 198 valence electrons. The number of ether oxygens (including phenoxy) is 2. The van der Waals surface area contributed by atoms with Crippen LogP contribution in [0.5, 0.6) is 11.5 Å². The Morgan fingerprint density at radius 3 is 2.11 bits per heavy atom. The summed E-state index contributed by atoms with van der Waals surface area (Å²) in [5.41, 5.74) is 3.93. The van der Waals surface area contributed by atoms with Gasteiger partial charge < -0.3 is 24.2 Å². The summed E-state index contributed by atoms with van der Waals surface area (Å²) in [5.74, 6) is 1.30. The smallest absolute Gasteiger partial charge is 0.253 e. The van der Waals surface area contributed by atoms with Gasteiger partial charge >= 0.3 is 0 Å². The van der Waals surface area contributed by atoms with Gasteiger partial charge in [-0.25, -0.2) is 0 Å². The molecule has 0 radical (unpaired) electrons. The van der Waals surface area contributed by atoms with E-state index in [9.17, 15) is 9.59 Å². The van der Waals surface area contributed by atoms with Gasteiger partial charge in [0.1, 0.15) is 11.5 Å². The fraction of sp³-hybridized carbons (Fsp3) is 0.355. The molecule has 5 rings (SSSR count). The maximum Gasteiger partial charge on any atom is 0.253 e. The van der Waals surface area contributed by atoms with Gasteiger partial charge in [0.25, 0.3) is 5.91 Å². The minimum Gasteiger partial charge on any atom is -0.497 e. The predicted octanol–water partition coefficient (Wildman–Crippen LogP) is 4.22. The van der Waals surface area contributed by atoms with E-state index >= 15 is 0 Å². The van der Waals surface area contributed by atoms with Gasteiger partial charge in [0.2, 0.25) is 5.91 Å². The zero-order valence-corrected chi connectivity index (χ0v) is 22.3. The van der Waals surface area contributed by atoms with Gasteiger partial charge in [-0.05, 0) is 48.9 Å². The van der Waals surface area contributed by atoms with E-state index < -0.39 is 0 Å². The zero-order valence-electron chi connectivity index (χ0n) is 22.3. The number of carbonyl (C=O) groups is 2. The van der Waals surface area contributed by atoms with Crippen molar-refractivity contribution in [3.05, 3.63) is 89.5 Å². The van der Waals surface area contributed by atoms with E-state index in [0.29, 0.717) is 37.5 Å². The van der Waals surface area contributed by atoms with E-state index in [2.05, 4.69) is 42.2 Å². The summed E-state index contributed by atoms with van der Waals surface area (Å²) in [5, 5.41) is 0. The van der Waals surface area contributed by atoms with E-state index in [1.807, 2.05) is 28.0 Å². The monoisotopic (exact) mass is 513 g/mol. The average molecular weight is 514 g/mol. The first-order valence-corrected chi connectivity index (χ1v) is 13.1. The number of nitrogens with zero attached hydrogens (tertiary/aromatic N) is 3. The van der Waals surface area contributed by atoms with Crippen LogP contribution in [0.3, 0.4) is 0 Å². The van der Waals surface area contributed by atoms with Gasteiger partial charge in [0.05, 0.1) is 25.8 Å². The van der Waals surface area contributed by atoms with Crippen molar-refractivity contribution in [2.75, 3.05) is 58.4 Å². The molecule has 3 aromatic carbocycles. The van der Waals surface area contributed by atoms with Crippen LogP contribution in [0.15, 0.2) is 72.8 Å². The molecule has 2 saturated heterocycles. The minimum atomic E-state index is -0.280. The number of para-hydroxylation sites is 2. The van der Waals surface area contributed by atoms with Crippen molar-refractivity contribution in [1.29, 1.82) is 0 Å². The Hall–Kier alpha value is -4.00. The Balaban J connectivity index is 1.33. The highest BCUT2D eigenvalue weighted by Gasteiger charge is 2.42.